The number of aromatic nitrogens is 6. The van der Waals surface area contributed by atoms with Crippen molar-refractivity contribution in [3.05, 3.63) is 126 Å². The summed E-state index contributed by atoms with van der Waals surface area (Å²) >= 11 is 0. The molecule has 3 aromatic carbocycles. The average Bonchev–Trinajstić information content (AvgIpc) is 3.83. The molecule has 6 rings (SSSR count). The molecule has 0 fully saturated rings. The van der Waals surface area contributed by atoms with Gasteiger partial charge in [0.2, 0.25) is 5.79 Å². The topological polar surface area (TPSA) is 114 Å². The van der Waals surface area contributed by atoms with E-state index in [0.29, 0.717) is 0 Å². The number of rotatable bonds is 9. The van der Waals surface area contributed by atoms with Crippen LogP contribution in [0.2, 0.25) is 0 Å². The van der Waals surface area contributed by atoms with Gasteiger partial charge in [-0.15, -0.1) is 0 Å². The number of benzene rings is 3. The van der Waals surface area contributed by atoms with Gasteiger partial charge in [0.05, 0.1) is 36.9 Å². The first kappa shape index (κ1) is 26.4. The molecule has 6 aromatic rings. The Bertz CT molecular complexity index is 1590. The van der Waals surface area contributed by atoms with Crippen molar-refractivity contribution in [3.63, 3.8) is 0 Å². The maximum Gasteiger partial charge on any atom is 0.245 e. The summed E-state index contributed by atoms with van der Waals surface area (Å²) < 4.78 is 5.45. The molecule has 3 N–H and O–H groups in total. The highest BCUT2D eigenvalue weighted by atomic mass is 16.3. The summed E-state index contributed by atoms with van der Waals surface area (Å²) in [5.74, 6) is -1.02. The molecule has 0 bridgehead atoms. The average molecular weight is 547 g/mol. The summed E-state index contributed by atoms with van der Waals surface area (Å²) in [5, 5.41) is 43.7. The van der Waals surface area contributed by atoms with Crippen molar-refractivity contribution in [2.24, 2.45) is 0 Å². The Kier molecular flexibility index (Phi) is 7.07. The smallest absolute Gasteiger partial charge is 0.245 e. The van der Waals surface area contributed by atoms with Crippen LogP contribution >= 0.6 is 0 Å². The van der Waals surface area contributed by atoms with Crippen LogP contribution in [-0.2, 0) is 25.6 Å². The Balaban J connectivity index is 1.46. The fraction of sp³-hybridized carbons (Fsp3) is 0.156. The maximum atomic E-state index is 9.62. The molecular formula is C32H30N6O3. The highest BCUT2D eigenvalue weighted by Gasteiger charge is 2.34. The van der Waals surface area contributed by atoms with Crippen LogP contribution in [0.5, 0.6) is 0 Å². The normalized spacial score (nSPS) is 11.7. The van der Waals surface area contributed by atoms with Gasteiger partial charge in [-0.3, -0.25) is 0 Å². The van der Waals surface area contributed by atoms with E-state index in [2.05, 4.69) is 0 Å². The number of hydrogen-bond acceptors (Lipinski definition) is 6. The van der Waals surface area contributed by atoms with E-state index in [4.69, 9.17) is 15.3 Å². The molecule has 9 nitrogen and oxygen atoms in total. The van der Waals surface area contributed by atoms with Gasteiger partial charge in [-0.05, 0) is 53.1 Å². The van der Waals surface area contributed by atoms with Crippen LogP contribution in [0, 0.1) is 0 Å². The summed E-state index contributed by atoms with van der Waals surface area (Å²) in [6.45, 7) is 1.84. The summed E-state index contributed by atoms with van der Waals surface area (Å²) in [4.78, 5) is 0. The molecule has 0 aliphatic heterocycles. The Morgan fingerprint density at radius 1 is 0.512 bits per heavy atom. The Morgan fingerprint density at radius 2 is 0.829 bits per heavy atom. The lowest BCUT2D eigenvalue weighted by atomic mass is 10.1. The van der Waals surface area contributed by atoms with E-state index < -0.39 is 5.79 Å². The third-order valence-electron chi connectivity index (χ3n) is 7.29. The zero-order valence-corrected chi connectivity index (χ0v) is 22.5. The monoisotopic (exact) mass is 546 g/mol. The molecule has 3 heterocycles. The van der Waals surface area contributed by atoms with Crippen molar-refractivity contribution in [1.82, 2.24) is 29.3 Å². The zero-order valence-electron chi connectivity index (χ0n) is 22.5. The van der Waals surface area contributed by atoms with Crippen molar-refractivity contribution in [1.29, 1.82) is 0 Å². The molecule has 0 aliphatic rings. The SMILES string of the molecule is CC(n1ccc(-c2cccc(CO)c2)n1)(n1ccc(-c2cccc(CO)c2)n1)n1ccc(-c2cccc(CO)c2)n1. The van der Waals surface area contributed by atoms with Gasteiger partial charge in [-0.1, -0.05) is 54.6 Å². The minimum absolute atomic E-state index is 0.0483. The maximum absolute atomic E-state index is 9.62. The molecule has 0 saturated carbocycles. The molecule has 0 radical (unpaired) electrons. The molecule has 3 aromatic heterocycles. The quantitative estimate of drug-likeness (QED) is 0.246. The molecule has 0 saturated heterocycles. The van der Waals surface area contributed by atoms with E-state index in [1.165, 1.54) is 0 Å². The molecule has 41 heavy (non-hydrogen) atoms. The van der Waals surface area contributed by atoms with Crippen molar-refractivity contribution in [3.8, 4) is 33.8 Å². The molecule has 206 valence electrons. The van der Waals surface area contributed by atoms with Crippen LogP contribution < -0.4 is 0 Å². The molecule has 0 atom stereocenters. The summed E-state index contributed by atoms with van der Waals surface area (Å²) in [6, 6.07) is 28.8. The minimum atomic E-state index is -1.02. The third-order valence-corrected chi connectivity index (χ3v) is 7.29. The number of hydrogen-bond donors (Lipinski definition) is 3. The van der Waals surface area contributed by atoms with E-state index in [1.54, 1.807) is 0 Å². The van der Waals surface area contributed by atoms with Gasteiger partial charge < -0.3 is 15.3 Å². The highest BCUT2D eigenvalue weighted by molar-refractivity contribution is 5.61. The molecule has 0 spiro atoms. The van der Waals surface area contributed by atoms with Crippen LogP contribution in [0.3, 0.4) is 0 Å². The second-order valence-corrected chi connectivity index (χ2v) is 9.98. The zero-order chi connectivity index (χ0) is 28.4. The van der Waals surface area contributed by atoms with Crippen molar-refractivity contribution < 1.29 is 15.3 Å². The van der Waals surface area contributed by atoms with Crippen LogP contribution in [0.1, 0.15) is 23.6 Å². The van der Waals surface area contributed by atoms with Gasteiger partial charge in [-0.25, -0.2) is 14.0 Å². The van der Waals surface area contributed by atoms with Gasteiger partial charge in [0.1, 0.15) is 0 Å². The Labute approximate surface area is 237 Å². The van der Waals surface area contributed by atoms with Crippen LogP contribution in [-0.4, -0.2) is 44.7 Å². The standard InChI is InChI=1S/C32H30N6O3/c1-32(36-14-11-29(33-36)26-8-2-5-23(17-26)20-39,37-15-12-30(34-37)27-9-3-6-24(18-27)21-40)38-16-13-31(35-38)28-10-4-7-25(19-28)22-41/h2-19,39-41H,20-22H2,1H3. The second kappa shape index (κ2) is 11.0. The van der Waals surface area contributed by atoms with Gasteiger partial charge in [0, 0.05) is 42.2 Å². The minimum Gasteiger partial charge on any atom is -0.392 e. The van der Waals surface area contributed by atoms with Crippen LogP contribution in [0.15, 0.2) is 110 Å². The second-order valence-electron chi connectivity index (χ2n) is 9.98. The first-order valence-corrected chi connectivity index (χ1v) is 13.3. The summed E-state index contributed by atoms with van der Waals surface area (Å²) in [6.07, 6.45) is 5.67. The molecule has 0 aliphatic carbocycles. The Hall–Kier alpha value is -4.83. The first-order chi connectivity index (χ1) is 20.0. The van der Waals surface area contributed by atoms with Crippen LogP contribution in [0.4, 0.5) is 0 Å². The number of aliphatic hydroxyl groups excluding tert-OH is 3. The van der Waals surface area contributed by atoms with Crippen molar-refractivity contribution in [2.45, 2.75) is 32.5 Å². The number of nitrogens with zero attached hydrogens (tertiary/aromatic N) is 6. The van der Waals surface area contributed by atoms with Gasteiger partial charge in [0.25, 0.3) is 0 Å². The lowest BCUT2D eigenvalue weighted by Gasteiger charge is -2.31. The molecule has 0 amide bonds. The molecule has 9 heteroatoms. The van der Waals surface area contributed by atoms with E-state index in [9.17, 15) is 15.3 Å². The van der Waals surface area contributed by atoms with Crippen LogP contribution in [0.25, 0.3) is 33.8 Å². The summed E-state index contributed by atoms with van der Waals surface area (Å²) in [5.41, 5.74) is 7.34. The first-order valence-electron chi connectivity index (χ1n) is 13.3. The van der Waals surface area contributed by atoms with Crippen molar-refractivity contribution >= 4 is 0 Å². The summed E-state index contributed by atoms with van der Waals surface area (Å²) in [7, 11) is 0. The lowest BCUT2D eigenvalue weighted by Crippen LogP contribution is -2.46. The predicted octanol–water partition coefficient (Wildman–Crippen LogP) is 4.48. The number of aliphatic hydroxyl groups is 3. The predicted molar refractivity (Wildman–Crippen MR) is 155 cm³/mol. The van der Waals surface area contributed by atoms with Gasteiger partial charge >= 0.3 is 0 Å². The highest BCUT2D eigenvalue weighted by Crippen LogP contribution is 2.29. The van der Waals surface area contributed by atoms with E-state index in [1.807, 2.05) is 131 Å². The largest absolute Gasteiger partial charge is 0.392 e. The van der Waals surface area contributed by atoms with Crippen molar-refractivity contribution in [2.75, 3.05) is 0 Å². The van der Waals surface area contributed by atoms with E-state index in [-0.39, 0.29) is 19.8 Å². The fourth-order valence-electron chi connectivity index (χ4n) is 4.94. The molecule has 0 unspecified atom stereocenters. The van der Waals surface area contributed by atoms with E-state index in [0.717, 1.165) is 50.5 Å². The Morgan fingerprint density at radius 3 is 1.12 bits per heavy atom. The fourth-order valence-corrected chi connectivity index (χ4v) is 4.94. The van der Waals surface area contributed by atoms with E-state index >= 15 is 0 Å². The lowest BCUT2D eigenvalue weighted by molar-refractivity contribution is 0.142. The van der Waals surface area contributed by atoms with Gasteiger partial charge in [0.15, 0.2) is 0 Å². The molecular weight excluding hydrogens is 516 g/mol. The van der Waals surface area contributed by atoms with Gasteiger partial charge in [-0.2, -0.15) is 15.3 Å². The third kappa shape index (κ3) is 4.98.